The van der Waals surface area contributed by atoms with E-state index in [1.807, 2.05) is 6.08 Å². The second-order valence-corrected chi connectivity index (χ2v) is 14.9. The van der Waals surface area contributed by atoms with Gasteiger partial charge in [0.15, 0.2) is 0 Å². The van der Waals surface area contributed by atoms with Gasteiger partial charge < -0.3 is 21.1 Å². The quantitative estimate of drug-likeness (QED) is 0.0285. The summed E-state index contributed by atoms with van der Waals surface area (Å²) in [7, 11) is -4.35. The van der Waals surface area contributed by atoms with Crippen LogP contribution >= 0.6 is 7.82 Å². The largest absolute Gasteiger partial charge is 0.472 e. The van der Waals surface area contributed by atoms with Crippen LogP contribution in [0.25, 0.3) is 0 Å². The number of unbranched alkanes of at least 4 members (excludes halogenated alkanes) is 19. The highest BCUT2D eigenvalue weighted by atomic mass is 31.2. The lowest BCUT2D eigenvalue weighted by atomic mass is 10.1. The highest BCUT2D eigenvalue weighted by Crippen LogP contribution is 2.43. The Bertz CT molecular complexity index is 923. The van der Waals surface area contributed by atoms with E-state index in [2.05, 4.69) is 55.6 Å². The van der Waals surface area contributed by atoms with E-state index in [0.717, 1.165) is 64.2 Å². The van der Waals surface area contributed by atoms with Gasteiger partial charge in [-0.25, -0.2) is 4.57 Å². The summed E-state index contributed by atoms with van der Waals surface area (Å²) in [6.07, 6.45) is 44.5. The summed E-state index contributed by atoms with van der Waals surface area (Å²) >= 11 is 0. The van der Waals surface area contributed by atoms with Gasteiger partial charge in [-0.2, -0.15) is 0 Å². The molecule has 0 rings (SSSR count). The number of aliphatic hydroxyl groups excluding tert-OH is 1. The normalized spacial score (nSPS) is 14.7. The first-order valence-corrected chi connectivity index (χ1v) is 21.8. The highest BCUT2D eigenvalue weighted by molar-refractivity contribution is 7.47. The van der Waals surface area contributed by atoms with Crippen molar-refractivity contribution < 1.29 is 28.4 Å². The molecule has 9 heteroatoms. The van der Waals surface area contributed by atoms with E-state index in [4.69, 9.17) is 14.8 Å². The highest BCUT2D eigenvalue weighted by Gasteiger charge is 2.26. The lowest BCUT2D eigenvalue weighted by Crippen LogP contribution is -2.45. The van der Waals surface area contributed by atoms with Crippen molar-refractivity contribution in [2.75, 3.05) is 19.8 Å². The predicted octanol–water partition coefficient (Wildman–Crippen LogP) is 10.9. The van der Waals surface area contributed by atoms with Gasteiger partial charge in [0.1, 0.15) is 0 Å². The minimum atomic E-state index is -4.35. The average Bonchev–Trinajstić information content (AvgIpc) is 3.10. The number of rotatable bonds is 37. The lowest BCUT2D eigenvalue weighted by Gasteiger charge is -2.23. The molecular formula is C41H77N2O6P. The third-order valence-corrected chi connectivity index (χ3v) is 9.59. The zero-order valence-corrected chi connectivity index (χ0v) is 33.0. The zero-order valence-electron chi connectivity index (χ0n) is 32.1. The van der Waals surface area contributed by atoms with Gasteiger partial charge in [-0.15, -0.1) is 0 Å². The summed E-state index contributed by atoms with van der Waals surface area (Å²) in [6, 6.07) is -0.886. The van der Waals surface area contributed by atoms with Crippen LogP contribution in [0.4, 0.5) is 0 Å². The molecule has 0 aromatic rings. The smallest absolute Gasteiger partial charge is 0.387 e. The number of nitrogens with two attached hydrogens (primary N) is 1. The number of hydrogen-bond acceptors (Lipinski definition) is 6. The fraction of sp³-hybridized carbons (Fsp3) is 0.780. The van der Waals surface area contributed by atoms with Crippen LogP contribution in [0.2, 0.25) is 0 Å². The Morgan fingerprint density at radius 3 is 1.58 bits per heavy atom. The van der Waals surface area contributed by atoms with Crippen molar-refractivity contribution in [3.63, 3.8) is 0 Å². The number of phosphoric ester groups is 1. The topological polar surface area (TPSA) is 131 Å². The molecule has 1 amide bonds. The van der Waals surface area contributed by atoms with Crippen LogP contribution in [0, 0.1) is 0 Å². The summed E-state index contributed by atoms with van der Waals surface area (Å²) in [5, 5.41) is 13.6. The van der Waals surface area contributed by atoms with Crippen LogP contribution in [-0.2, 0) is 18.4 Å². The molecule has 0 radical (unpaired) electrons. The van der Waals surface area contributed by atoms with E-state index in [0.29, 0.717) is 6.42 Å². The number of nitrogens with one attached hydrogen (secondary N) is 1. The fourth-order valence-electron chi connectivity index (χ4n) is 5.51. The summed E-state index contributed by atoms with van der Waals surface area (Å²) in [4.78, 5) is 22.6. The molecule has 292 valence electrons. The maximum atomic E-state index is 12.7. The fourth-order valence-corrected chi connectivity index (χ4v) is 6.27. The number of amides is 1. The Kier molecular flexibility index (Phi) is 36.1. The Hall–Kier alpha value is -1.54. The second kappa shape index (κ2) is 37.2. The van der Waals surface area contributed by atoms with Gasteiger partial charge in [-0.05, 0) is 70.6 Å². The van der Waals surface area contributed by atoms with Gasteiger partial charge in [0.05, 0.1) is 25.4 Å². The number of allylic oxidation sites excluding steroid dienone is 7. The van der Waals surface area contributed by atoms with Crippen molar-refractivity contribution in [1.29, 1.82) is 0 Å². The van der Waals surface area contributed by atoms with Gasteiger partial charge >= 0.3 is 7.82 Å². The van der Waals surface area contributed by atoms with E-state index >= 15 is 0 Å². The van der Waals surface area contributed by atoms with Gasteiger partial charge in [-0.1, -0.05) is 146 Å². The molecule has 0 aliphatic carbocycles. The summed E-state index contributed by atoms with van der Waals surface area (Å²) in [5.74, 6) is -0.220. The number of hydrogen-bond donors (Lipinski definition) is 4. The molecule has 0 heterocycles. The minimum Gasteiger partial charge on any atom is -0.387 e. The standard InChI is InChI=1S/C41H77N2O6P/c1-3-5-7-9-11-13-15-17-18-19-20-21-22-23-24-26-28-30-32-34-40(44)39(38-49-50(46,47)48-37-36-42)43-41(45)35-33-31-29-27-25-16-14-12-10-8-6-4-2/h12,14,20-21,24,26,32,34,39-40,44H,3-11,13,15-19,22-23,25,27-31,33,35-38,42H2,1-2H3,(H,43,45)(H,46,47)/b14-12-,21-20+,26-24+,34-32+. The van der Waals surface area contributed by atoms with E-state index in [1.54, 1.807) is 6.08 Å². The molecule has 0 aliphatic heterocycles. The van der Waals surface area contributed by atoms with Crippen molar-refractivity contribution in [1.82, 2.24) is 5.32 Å². The third kappa shape index (κ3) is 34.9. The molecule has 5 N–H and O–H groups in total. The zero-order chi connectivity index (χ0) is 36.8. The van der Waals surface area contributed by atoms with Crippen molar-refractivity contribution in [3.8, 4) is 0 Å². The van der Waals surface area contributed by atoms with Crippen molar-refractivity contribution >= 4 is 13.7 Å². The van der Waals surface area contributed by atoms with E-state index in [-0.39, 0.29) is 25.7 Å². The third-order valence-electron chi connectivity index (χ3n) is 8.60. The Balaban J connectivity index is 4.36. The number of aliphatic hydroxyl groups is 1. The molecule has 50 heavy (non-hydrogen) atoms. The molecular weight excluding hydrogens is 647 g/mol. The Morgan fingerprint density at radius 2 is 1.06 bits per heavy atom. The molecule has 0 spiro atoms. The van der Waals surface area contributed by atoms with Gasteiger partial charge in [-0.3, -0.25) is 13.8 Å². The molecule has 0 saturated heterocycles. The summed E-state index contributed by atoms with van der Waals surface area (Å²) < 4.78 is 22.0. The number of carbonyl (C=O) groups excluding carboxylic acids is 1. The first-order chi connectivity index (χ1) is 24.4. The molecule has 0 aromatic carbocycles. The van der Waals surface area contributed by atoms with E-state index < -0.39 is 20.0 Å². The number of carbonyl (C=O) groups is 1. The first-order valence-electron chi connectivity index (χ1n) is 20.3. The molecule has 0 saturated carbocycles. The number of phosphoric acid groups is 1. The molecule has 3 unspecified atom stereocenters. The summed E-state index contributed by atoms with van der Waals surface area (Å²) in [5.41, 5.74) is 5.36. The average molecular weight is 725 g/mol. The monoisotopic (exact) mass is 725 g/mol. The maximum Gasteiger partial charge on any atom is 0.472 e. The van der Waals surface area contributed by atoms with Gasteiger partial charge in [0, 0.05) is 13.0 Å². The molecule has 0 bridgehead atoms. The van der Waals surface area contributed by atoms with Crippen LogP contribution < -0.4 is 11.1 Å². The van der Waals surface area contributed by atoms with Crippen LogP contribution in [-0.4, -0.2) is 47.8 Å². The minimum absolute atomic E-state index is 0.0692. The van der Waals surface area contributed by atoms with Crippen molar-refractivity contribution in [2.24, 2.45) is 5.73 Å². The van der Waals surface area contributed by atoms with E-state index in [9.17, 15) is 19.4 Å². The Labute approximate surface area is 307 Å². The lowest BCUT2D eigenvalue weighted by molar-refractivity contribution is -0.123. The van der Waals surface area contributed by atoms with Crippen LogP contribution in [0.5, 0.6) is 0 Å². The Morgan fingerprint density at radius 1 is 0.640 bits per heavy atom. The van der Waals surface area contributed by atoms with E-state index in [1.165, 1.54) is 89.9 Å². The van der Waals surface area contributed by atoms with Crippen molar-refractivity contribution in [3.05, 3.63) is 48.6 Å². The predicted molar refractivity (Wildman–Crippen MR) is 212 cm³/mol. The molecule has 0 aromatic heterocycles. The van der Waals surface area contributed by atoms with Gasteiger partial charge in [0.25, 0.3) is 0 Å². The molecule has 3 atom stereocenters. The molecule has 8 nitrogen and oxygen atoms in total. The van der Waals surface area contributed by atoms with Crippen molar-refractivity contribution in [2.45, 2.75) is 187 Å². The van der Waals surface area contributed by atoms with Crippen LogP contribution in [0.1, 0.15) is 174 Å². The SMILES string of the molecule is CCCCC/C=C\CCCCCCCC(=O)NC(COP(=O)(O)OCCN)C(O)/C=C/CC/C=C/CC/C=C/CCCCCCCCCCC. The van der Waals surface area contributed by atoms with Crippen LogP contribution in [0.15, 0.2) is 48.6 Å². The maximum absolute atomic E-state index is 12.7. The van der Waals surface area contributed by atoms with Gasteiger partial charge in [0.2, 0.25) is 5.91 Å². The molecule has 0 aliphatic rings. The molecule has 0 fully saturated rings. The first kappa shape index (κ1) is 48.5. The second-order valence-electron chi connectivity index (χ2n) is 13.5. The summed E-state index contributed by atoms with van der Waals surface area (Å²) in [6.45, 7) is 4.05. The van der Waals surface area contributed by atoms with Crippen LogP contribution in [0.3, 0.4) is 0 Å².